The highest BCUT2D eigenvalue weighted by Crippen LogP contribution is 2.27. The van der Waals surface area contributed by atoms with Crippen molar-refractivity contribution in [1.29, 1.82) is 0 Å². The summed E-state index contributed by atoms with van der Waals surface area (Å²) in [6.07, 6.45) is 4.32. The highest BCUT2D eigenvalue weighted by Gasteiger charge is 2.19. The fraction of sp³-hybridized carbons (Fsp3) is 0.211. The third-order valence-corrected chi connectivity index (χ3v) is 4.89. The van der Waals surface area contributed by atoms with Crippen molar-refractivity contribution in [2.75, 3.05) is 6.54 Å². The molecule has 0 amide bonds. The van der Waals surface area contributed by atoms with Crippen molar-refractivity contribution in [3.05, 3.63) is 65.0 Å². The zero-order chi connectivity index (χ0) is 15.6. The van der Waals surface area contributed by atoms with Crippen LogP contribution in [0.5, 0.6) is 0 Å². The first-order valence-corrected chi connectivity index (χ1v) is 8.73. The lowest BCUT2D eigenvalue weighted by Crippen LogP contribution is -2.14. The second-order valence-electron chi connectivity index (χ2n) is 5.92. The normalized spacial score (nSPS) is 17.5. The molecule has 0 bridgehead atoms. The molecule has 0 radical (unpaired) electrons. The van der Waals surface area contributed by atoms with Crippen LogP contribution in [-0.4, -0.2) is 16.5 Å². The quantitative estimate of drug-likeness (QED) is 0.688. The predicted molar refractivity (Wildman–Crippen MR) is 97.1 cm³/mol. The van der Waals surface area contributed by atoms with Crippen LogP contribution in [0.4, 0.5) is 0 Å². The van der Waals surface area contributed by atoms with Crippen molar-refractivity contribution < 1.29 is 0 Å². The topological polar surface area (TPSA) is 40.7 Å². The monoisotopic (exact) mass is 367 g/mol. The van der Waals surface area contributed by atoms with Crippen molar-refractivity contribution in [2.24, 2.45) is 0 Å². The third kappa shape index (κ3) is 3.09. The third-order valence-electron chi connectivity index (χ3n) is 4.36. The molecule has 2 N–H and O–H groups in total. The number of benzene rings is 2. The Kier molecular flexibility index (Phi) is 4.02. The van der Waals surface area contributed by atoms with Crippen LogP contribution in [0.2, 0.25) is 0 Å². The lowest BCUT2D eigenvalue weighted by atomic mass is 10.0. The summed E-state index contributed by atoms with van der Waals surface area (Å²) in [5, 5.41) is 3.48. The van der Waals surface area contributed by atoms with Crippen LogP contribution in [0.15, 0.2) is 59.2 Å². The highest BCUT2D eigenvalue weighted by atomic mass is 79.9. The van der Waals surface area contributed by atoms with Crippen LogP contribution < -0.4 is 5.32 Å². The van der Waals surface area contributed by atoms with Crippen molar-refractivity contribution in [2.45, 2.75) is 18.9 Å². The van der Waals surface area contributed by atoms with E-state index in [1.165, 1.54) is 23.1 Å². The molecule has 0 spiro atoms. The molecule has 1 unspecified atom stereocenters. The minimum absolute atomic E-state index is 0.380. The van der Waals surface area contributed by atoms with Gasteiger partial charge in [-0.05, 0) is 48.2 Å². The van der Waals surface area contributed by atoms with Crippen LogP contribution in [0, 0.1) is 0 Å². The van der Waals surface area contributed by atoms with Crippen molar-refractivity contribution in [3.63, 3.8) is 0 Å². The zero-order valence-electron chi connectivity index (χ0n) is 12.7. The molecule has 3 nitrogen and oxygen atoms in total. The fourth-order valence-electron chi connectivity index (χ4n) is 3.06. The number of halogens is 1. The number of H-pyrrole nitrogens is 1. The molecule has 1 saturated heterocycles. The number of hydrogen-bond acceptors (Lipinski definition) is 2. The van der Waals surface area contributed by atoms with Crippen LogP contribution in [0.1, 0.15) is 24.7 Å². The number of aromatic nitrogens is 2. The summed E-state index contributed by atoms with van der Waals surface area (Å²) in [5.74, 6) is 1.05. The molecule has 1 aromatic heterocycles. The Morgan fingerprint density at radius 3 is 2.22 bits per heavy atom. The Labute approximate surface area is 144 Å². The molecule has 1 aliphatic rings. The number of hydrogen-bond donors (Lipinski definition) is 2. The number of imidazole rings is 1. The molecule has 2 aromatic carbocycles. The Balaban J connectivity index is 1.57. The van der Waals surface area contributed by atoms with Gasteiger partial charge in [-0.1, -0.05) is 52.3 Å². The lowest BCUT2D eigenvalue weighted by molar-refractivity contribution is 0.613. The lowest BCUT2D eigenvalue weighted by Gasteiger charge is -2.06. The van der Waals surface area contributed by atoms with Crippen molar-refractivity contribution in [3.8, 4) is 22.4 Å². The summed E-state index contributed by atoms with van der Waals surface area (Å²) in [6.45, 7) is 1.09. The van der Waals surface area contributed by atoms with Gasteiger partial charge in [-0.2, -0.15) is 0 Å². The molecule has 1 fully saturated rings. The molecule has 1 atom stereocenters. The average molecular weight is 368 g/mol. The molecule has 2 heterocycles. The summed E-state index contributed by atoms with van der Waals surface area (Å²) in [6, 6.07) is 17.4. The summed E-state index contributed by atoms with van der Waals surface area (Å²) < 4.78 is 1.10. The van der Waals surface area contributed by atoms with E-state index in [1.807, 2.05) is 6.20 Å². The summed E-state index contributed by atoms with van der Waals surface area (Å²) in [4.78, 5) is 8.00. The molecule has 23 heavy (non-hydrogen) atoms. The predicted octanol–water partition coefficient (Wildman–Crippen LogP) is 4.93. The first-order valence-electron chi connectivity index (χ1n) is 7.94. The molecular weight excluding hydrogens is 350 g/mol. The molecule has 0 saturated carbocycles. The molecule has 4 rings (SSSR count). The summed E-state index contributed by atoms with van der Waals surface area (Å²) >= 11 is 3.47. The molecule has 116 valence electrons. The first kappa shape index (κ1) is 14.7. The summed E-state index contributed by atoms with van der Waals surface area (Å²) in [5.41, 5.74) is 4.69. The Bertz CT molecular complexity index is 784. The fourth-order valence-corrected chi connectivity index (χ4v) is 3.33. The van der Waals surface area contributed by atoms with Crippen LogP contribution in [0.3, 0.4) is 0 Å². The van der Waals surface area contributed by atoms with Gasteiger partial charge in [0, 0.05) is 4.47 Å². The second kappa shape index (κ2) is 6.30. The Morgan fingerprint density at radius 1 is 0.913 bits per heavy atom. The molecule has 1 aliphatic heterocycles. The van der Waals surface area contributed by atoms with E-state index in [9.17, 15) is 0 Å². The largest absolute Gasteiger partial charge is 0.341 e. The molecule has 3 aromatic rings. The van der Waals surface area contributed by atoms with Crippen molar-refractivity contribution >= 4 is 15.9 Å². The van der Waals surface area contributed by atoms with E-state index in [0.717, 1.165) is 29.0 Å². The molecule has 0 aliphatic carbocycles. The van der Waals surface area contributed by atoms with E-state index >= 15 is 0 Å². The van der Waals surface area contributed by atoms with Gasteiger partial charge in [-0.15, -0.1) is 0 Å². The van der Waals surface area contributed by atoms with Gasteiger partial charge in [0.2, 0.25) is 0 Å². The van der Waals surface area contributed by atoms with Crippen molar-refractivity contribution in [1.82, 2.24) is 15.3 Å². The van der Waals surface area contributed by atoms with Gasteiger partial charge in [0.05, 0.1) is 17.9 Å². The Hall–Kier alpha value is -1.91. The van der Waals surface area contributed by atoms with Gasteiger partial charge < -0.3 is 10.3 Å². The smallest absolute Gasteiger partial charge is 0.123 e. The second-order valence-corrected chi connectivity index (χ2v) is 6.83. The number of nitrogens with zero attached hydrogens (tertiary/aromatic N) is 1. The maximum atomic E-state index is 4.54. The van der Waals surface area contributed by atoms with Crippen LogP contribution in [-0.2, 0) is 0 Å². The van der Waals surface area contributed by atoms with E-state index in [-0.39, 0.29) is 0 Å². The molecular formula is C19H18BrN3. The number of aromatic amines is 1. The minimum Gasteiger partial charge on any atom is -0.341 e. The maximum Gasteiger partial charge on any atom is 0.123 e. The van der Waals surface area contributed by atoms with E-state index < -0.39 is 0 Å². The standard InChI is InChI=1S/C19H18BrN3/c20-16-9-7-14(8-10-16)13-3-5-15(6-4-13)18-12-22-19(23-18)17-2-1-11-21-17/h3-10,12,17,21H,1-2,11H2,(H,22,23). The van der Waals surface area contributed by atoms with Crippen LogP contribution in [0.25, 0.3) is 22.4 Å². The number of nitrogens with one attached hydrogen (secondary N) is 2. The van der Waals surface area contributed by atoms with E-state index in [4.69, 9.17) is 0 Å². The minimum atomic E-state index is 0.380. The van der Waals surface area contributed by atoms with E-state index in [0.29, 0.717) is 6.04 Å². The van der Waals surface area contributed by atoms with Gasteiger partial charge in [-0.3, -0.25) is 0 Å². The SMILES string of the molecule is Brc1ccc(-c2ccc(-c3cnc(C4CCCN4)[nH]3)cc2)cc1. The molecule has 4 heteroatoms. The van der Waals surface area contributed by atoms with Crippen LogP contribution >= 0.6 is 15.9 Å². The van der Waals surface area contributed by atoms with Gasteiger partial charge >= 0.3 is 0 Å². The van der Waals surface area contributed by atoms with Gasteiger partial charge in [-0.25, -0.2) is 4.98 Å². The van der Waals surface area contributed by atoms with Gasteiger partial charge in [0.25, 0.3) is 0 Å². The highest BCUT2D eigenvalue weighted by molar-refractivity contribution is 9.10. The first-order chi connectivity index (χ1) is 11.3. The van der Waals surface area contributed by atoms with Gasteiger partial charge in [0.15, 0.2) is 0 Å². The average Bonchev–Trinajstić information content (AvgIpc) is 3.27. The number of rotatable bonds is 3. The van der Waals surface area contributed by atoms with E-state index in [2.05, 4.69) is 79.7 Å². The van der Waals surface area contributed by atoms with E-state index in [1.54, 1.807) is 0 Å². The summed E-state index contributed by atoms with van der Waals surface area (Å²) in [7, 11) is 0. The maximum absolute atomic E-state index is 4.54. The van der Waals surface area contributed by atoms with Gasteiger partial charge in [0.1, 0.15) is 5.82 Å². The zero-order valence-corrected chi connectivity index (χ0v) is 14.3. The Morgan fingerprint density at radius 2 is 1.57 bits per heavy atom.